The van der Waals surface area contributed by atoms with E-state index in [0.717, 1.165) is 16.7 Å². The molecule has 0 spiro atoms. The van der Waals surface area contributed by atoms with Gasteiger partial charge in [0.1, 0.15) is 13.6 Å². The molecule has 7 heteroatoms. The maximum absolute atomic E-state index is 12.4. The number of nitrogens with zero attached hydrogens (tertiary/aromatic N) is 1. The molecule has 0 aliphatic heterocycles. The zero-order valence-corrected chi connectivity index (χ0v) is 19.7. The van der Waals surface area contributed by atoms with Gasteiger partial charge in [-0.15, -0.1) is 0 Å². The molecule has 0 N–H and O–H groups in total. The van der Waals surface area contributed by atoms with E-state index < -0.39 is 0 Å². The number of ether oxygens (including phenoxy) is 3. The highest BCUT2D eigenvalue weighted by Gasteiger charge is 2.16. The fraction of sp³-hybridized carbons (Fsp3) is 0.259. The van der Waals surface area contributed by atoms with Gasteiger partial charge < -0.3 is 19.1 Å². The maximum Gasteiger partial charge on any atom is 0.310 e. The van der Waals surface area contributed by atoms with Crippen LogP contribution < -0.4 is 14.9 Å². The van der Waals surface area contributed by atoms with Gasteiger partial charge in [0, 0.05) is 25.6 Å². The van der Waals surface area contributed by atoms with Crippen LogP contribution in [0, 0.1) is 0 Å². The molecule has 174 valence electrons. The van der Waals surface area contributed by atoms with E-state index in [9.17, 15) is 9.59 Å². The molecule has 3 rings (SSSR count). The lowest BCUT2D eigenvalue weighted by Crippen LogP contribution is -2.28. The fourth-order valence-corrected chi connectivity index (χ4v) is 3.52. The summed E-state index contributed by atoms with van der Waals surface area (Å²) < 4.78 is 16.7. The first kappa shape index (κ1) is 24.9. The van der Waals surface area contributed by atoms with E-state index in [1.165, 1.54) is 6.92 Å². The van der Waals surface area contributed by atoms with E-state index in [2.05, 4.69) is 0 Å². The van der Waals surface area contributed by atoms with Gasteiger partial charge in [-0.1, -0.05) is 54.0 Å². The van der Waals surface area contributed by atoms with Crippen molar-refractivity contribution in [2.75, 3.05) is 13.7 Å². The third-order valence-corrected chi connectivity index (χ3v) is 5.21. The van der Waals surface area contributed by atoms with Crippen LogP contribution in [0.25, 0.3) is 0 Å². The summed E-state index contributed by atoms with van der Waals surface area (Å²) in [6, 6.07) is 20.4. The molecule has 3 aromatic rings. The highest BCUT2D eigenvalue weighted by atomic mass is 16.5. The number of esters is 1. The first-order valence-corrected chi connectivity index (χ1v) is 11.1. The van der Waals surface area contributed by atoms with Gasteiger partial charge in [0.2, 0.25) is 5.91 Å². The topological polar surface area (TPSA) is 65.1 Å². The van der Waals surface area contributed by atoms with Gasteiger partial charge in [-0.3, -0.25) is 9.59 Å². The number of carbonyl (C=O) groups is 2. The van der Waals surface area contributed by atoms with Crippen LogP contribution in [-0.2, 0) is 33.8 Å². The molecule has 0 fully saturated rings. The van der Waals surface area contributed by atoms with Gasteiger partial charge in [0.15, 0.2) is 11.5 Å². The van der Waals surface area contributed by atoms with Crippen molar-refractivity contribution in [2.24, 2.45) is 0 Å². The summed E-state index contributed by atoms with van der Waals surface area (Å²) in [5.41, 5.74) is 3.08. The Morgan fingerprint density at radius 1 is 0.882 bits per heavy atom. The first-order valence-electron chi connectivity index (χ1n) is 11.1. The number of amides is 1. The van der Waals surface area contributed by atoms with Crippen molar-refractivity contribution in [1.29, 1.82) is 0 Å². The van der Waals surface area contributed by atoms with Crippen LogP contribution in [0.3, 0.4) is 0 Å². The third-order valence-electron chi connectivity index (χ3n) is 5.21. The minimum absolute atomic E-state index is 0.0637. The summed E-state index contributed by atoms with van der Waals surface area (Å²) in [4.78, 5) is 26.0. The van der Waals surface area contributed by atoms with Crippen LogP contribution in [-0.4, -0.2) is 38.3 Å². The number of benzene rings is 3. The Morgan fingerprint density at radius 3 is 2.29 bits per heavy atom. The number of carbonyl (C=O) groups excluding carboxylic acids is 2. The summed E-state index contributed by atoms with van der Waals surface area (Å²) in [7, 11) is 7.60. The molecule has 6 nitrogen and oxygen atoms in total. The number of hydrogen-bond acceptors (Lipinski definition) is 5. The SMILES string of the molecule is [B]c1ccc(Oc2cc(CC(=O)OCC)ccc2OC)c(CN(Cc2ccccc2)C(C)=O)c1. The van der Waals surface area contributed by atoms with E-state index in [-0.39, 0.29) is 18.3 Å². The molecule has 1 amide bonds. The highest BCUT2D eigenvalue weighted by Crippen LogP contribution is 2.34. The average molecular weight is 457 g/mol. The van der Waals surface area contributed by atoms with Crippen molar-refractivity contribution in [3.8, 4) is 17.2 Å². The van der Waals surface area contributed by atoms with Gasteiger partial charge in [-0.2, -0.15) is 0 Å². The van der Waals surface area contributed by atoms with E-state index >= 15 is 0 Å². The van der Waals surface area contributed by atoms with E-state index in [4.69, 9.17) is 22.1 Å². The molecule has 2 radical (unpaired) electrons. The summed E-state index contributed by atoms with van der Waals surface area (Å²) >= 11 is 0. The van der Waals surface area contributed by atoms with E-state index in [1.54, 1.807) is 55.3 Å². The van der Waals surface area contributed by atoms with Gasteiger partial charge in [0.25, 0.3) is 0 Å². The molecule has 0 aliphatic carbocycles. The molecule has 0 aliphatic rings. The van der Waals surface area contributed by atoms with Crippen LogP contribution in [0.1, 0.15) is 30.5 Å². The van der Waals surface area contributed by atoms with Crippen molar-refractivity contribution in [2.45, 2.75) is 33.4 Å². The summed E-state index contributed by atoms with van der Waals surface area (Å²) in [5, 5.41) is 0. The molecule has 3 aromatic carbocycles. The first-order chi connectivity index (χ1) is 16.4. The van der Waals surface area contributed by atoms with Gasteiger partial charge >= 0.3 is 5.97 Å². The molecular weight excluding hydrogens is 429 g/mol. The van der Waals surface area contributed by atoms with Crippen LogP contribution in [0.5, 0.6) is 17.2 Å². The van der Waals surface area contributed by atoms with Gasteiger partial charge in [0.05, 0.1) is 20.1 Å². The van der Waals surface area contributed by atoms with Gasteiger partial charge in [-0.25, -0.2) is 0 Å². The Bertz CT molecular complexity index is 1130. The molecule has 34 heavy (non-hydrogen) atoms. The monoisotopic (exact) mass is 457 g/mol. The Kier molecular flexibility index (Phi) is 8.74. The molecule has 0 saturated heterocycles. The Hall–Kier alpha value is -3.74. The van der Waals surface area contributed by atoms with Crippen LogP contribution in [0.4, 0.5) is 0 Å². The van der Waals surface area contributed by atoms with Crippen molar-refractivity contribution in [3.05, 3.63) is 83.4 Å². The largest absolute Gasteiger partial charge is 0.493 e. The van der Waals surface area contributed by atoms with Crippen molar-refractivity contribution >= 4 is 25.2 Å². The standard InChI is InChI=1S/C27H28BNO5/c1-4-33-27(31)15-21-10-12-25(32-3)26(14-21)34-24-13-11-23(28)16-22(24)18-29(19(2)30)17-20-8-6-5-7-9-20/h5-14,16H,4,15,17-18H2,1-3H3. The van der Waals surface area contributed by atoms with Crippen molar-refractivity contribution in [3.63, 3.8) is 0 Å². The molecule has 0 bridgehead atoms. The molecular formula is C27H28BNO5. The second kappa shape index (κ2) is 11.9. The lowest BCUT2D eigenvalue weighted by atomic mass is 9.93. The Morgan fingerprint density at radius 2 is 1.62 bits per heavy atom. The molecule has 0 atom stereocenters. The zero-order valence-electron chi connectivity index (χ0n) is 19.7. The number of rotatable bonds is 10. The average Bonchev–Trinajstić information content (AvgIpc) is 2.81. The Balaban J connectivity index is 1.88. The lowest BCUT2D eigenvalue weighted by molar-refractivity contribution is -0.142. The quantitative estimate of drug-likeness (QED) is 0.341. The lowest BCUT2D eigenvalue weighted by Gasteiger charge is -2.23. The van der Waals surface area contributed by atoms with Crippen molar-refractivity contribution in [1.82, 2.24) is 4.90 Å². The second-order valence-electron chi connectivity index (χ2n) is 7.80. The summed E-state index contributed by atoms with van der Waals surface area (Å²) in [6.07, 6.45) is 0.123. The van der Waals surface area contributed by atoms with Gasteiger partial charge in [-0.05, 0) is 36.2 Å². The molecule has 0 unspecified atom stereocenters. The predicted octanol–water partition coefficient (Wildman–Crippen LogP) is 3.94. The normalized spacial score (nSPS) is 10.4. The van der Waals surface area contributed by atoms with Crippen molar-refractivity contribution < 1.29 is 23.8 Å². The fourth-order valence-electron chi connectivity index (χ4n) is 3.52. The van der Waals surface area contributed by atoms with E-state index in [0.29, 0.717) is 42.4 Å². The summed E-state index contributed by atoms with van der Waals surface area (Å²) in [6.45, 7) is 4.41. The molecule has 0 saturated carbocycles. The number of hydrogen-bond donors (Lipinski definition) is 0. The smallest absolute Gasteiger partial charge is 0.310 e. The summed E-state index contributed by atoms with van der Waals surface area (Å²) in [5.74, 6) is 1.13. The maximum atomic E-state index is 12.4. The molecule has 0 heterocycles. The third kappa shape index (κ3) is 6.88. The van der Waals surface area contributed by atoms with E-state index in [1.807, 2.05) is 30.3 Å². The molecule has 0 aromatic heterocycles. The minimum atomic E-state index is -0.315. The van der Waals surface area contributed by atoms with Crippen LogP contribution in [0.2, 0.25) is 0 Å². The highest BCUT2D eigenvalue weighted by molar-refractivity contribution is 6.32. The minimum Gasteiger partial charge on any atom is -0.493 e. The predicted molar refractivity (Wildman–Crippen MR) is 132 cm³/mol. The van der Waals surface area contributed by atoms with Crippen LogP contribution >= 0.6 is 0 Å². The Labute approximate surface area is 201 Å². The second-order valence-corrected chi connectivity index (χ2v) is 7.80. The number of methoxy groups -OCH3 is 1. The van der Waals surface area contributed by atoms with Crippen LogP contribution in [0.15, 0.2) is 66.7 Å². The zero-order chi connectivity index (χ0) is 24.5.